The van der Waals surface area contributed by atoms with Gasteiger partial charge in [-0.1, -0.05) is 12.2 Å². The van der Waals surface area contributed by atoms with Gasteiger partial charge in [0.05, 0.1) is 5.69 Å². The highest BCUT2D eigenvalue weighted by atomic mass is 32.1. The summed E-state index contributed by atoms with van der Waals surface area (Å²) >= 11 is 5.01. The number of aromatic amines is 1. The number of aromatic nitrogens is 3. The number of nitrogens with one attached hydrogen (secondary N) is 1. The maximum atomic E-state index is 11.7. The van der Waals surface area contributed by atoms with E-state index in [-0.39, 0.29) is 5.69 Å². The standard InChI is InChI=1S/C11H11N3OS/c1-2-14-9(7-10(16)13-11(14)15)8-3-5-12-6-4-8/h3-7H,2H2,1H3,(H,13,15,16). The van der Waals surface area contributed by atoms with Crippen molar-refractivity contribution in [3.63, 3.8) is 0 Å². The van der Waals surface area contributed by atoms with Crippen LogP contribution in [0.5, 0.6) is 0 Å². The maximum Gasteiger partial charge on any atom is 0.326 e. The Morgan fingerprint density at radius 2 is 2.12 bits per heavy atom. The van der Waals surface area contributed by atoms with Gasteiger partial charge in [0.2, 0.25) is 0 Å². The molecule has 82 valence electrons. The largest absolute Gasteiger partial charge is 0.326 e. The summed E-state index contributed by atoms with van der Waals surface area (Å²) in [6.07, 6.45) is 3.39. The predicted molar refractivity (Wildman–Crippen MR) is 64.8 cm³/mol. The summed E-state index contributed by atoms with van der Waals surface area (Å²) in [5.74, 6) is 0. The molecule has 2 aromatic rings. The quantitative estimate of drug-likeness (QED) is 0.807. The van der Waals surface area contributed by atoms with Crippen LogP contribution in [-0.2, 0) is 6.54 Å². The van der Waals surface area contributed by atoms with Gasteiger partial charge >= 0.3 is 5.69 Å². The van der Waals surface area contributed by atoms with Crippen LogP contribution in [0.3, 0.4) is 0 Å². The van der Waals surface area contributed by atoms with Crippen molar-refractivity contribution in [1.29, 1.82) is 0 Å². The third-order valence-corrected chi connectivity index (χ3v) is 2.55. The molecule has 2 rings (SSSR count). The van der Waals surface area contributed by atoms with Gasteiger partial charge < -0.3 is 0 Å². The monoisotopic (exact) mass is 233 g/mol. The van der Waals surface area contributed by atoms with Crippen molar-refractivity contribution >= 4 is 12.2 Å². The Bertz CT molecular complexity index is 601. The number of pyridine rings is 1. The Labute approximate surface area is 97.6 Å². The lowest BCUT2D eigenvalue weighted by atomic mass is 10.2. The summed E-state index contributed by atoms with van der Waals surface area (Å²) in [7, 11) is 0. The molecule has 0 bridgehead atoms. The molecule has 0 aliphatic heterocycles. The third-order valence-electron chi connectivity index (χ3n) is 2.33. The summed E-state index contributed by atoms with van der Waals surface area (Å²) in [5, 5.41) is 0. The molecule has 0 saturated heterocycles. The lowest BCUT2D eigenvalue weighted by molar-refractivity contribution is 0.705. The summed E-state index contributed by atoms with van der Waals surface area (Å²) in [6.45, 7) is 2.52. The second-order valence-corrected chi connectivity index (χ2v) is 3.74. The first kappa shape index (κ1) is 10.8. The first-order chi connectivity index (χ1) is 7.72. The Kier molecular flexibility index (Phi) is 2.96. The van der Waals surface area contributed by atoms with E-state index in [1.165, 1.54) is 0 Å². The van der Waals surface area contributed by atoms with Crippen molar-refractivity contribution in [1.82, 2.24) is 14.5 Å². The molecule has 0 aliphatic carbocycles. The van der Waals surface area contributed by atoms with Crippen LogP contribution in [0.25, 0.3) is 11.3 Å². The smallest absolute Gasteiger partial charge is 0.298 e. The molecule has 0 unspecified atom stereocenters. The zero-order chi connectivity index (χ0) is 11.5. The Morgan fingerprint density at radius 1 is 1.44 bits per heavy atom. The Morgan fingerprint density at radius 3 is 2.75 bits per heavy atom. The van der Waals surface area contributed by atoms with Gasteiger partial charge in [-0.15, -0.1) is 0 Å². The highest BCUT2D eigenvalue weighted by molar-refractivity contribution is 7.71. The molecular formula is C11H11N3OS. The van der Waals surface area contributed by atoms with Gasteiger partial charge in [0.1, 0.15) is 4.64 Å². The molecule has 0 aliphatic rings. The van der Waals surface area contributed by atoms with E-state index in [1.807, 2.05) is 19.1 Å². The van der Waals surface area contributed by atoms with E-state index in [0.717, 1.165) is 11.3 Å². The molecule has 4 nitrogen and oxygen atoms in total. The van der Waals surface area contributed by atoms with Gasteiger partial charge in [0.15, 0.2) is 0 Å². The van der Waals surface area contributed by atoms with Crippen LogP contribution in [0.15, 0.2) is 35.4 Å². The predicted octanol–water partition coefficient (Wildman–Crippen LogP) is 1.99. The van der Waals surface area contributed by atoms with Gasteiger partial charge in [-0.3, -0.25) is 14.5 Å². The molecular weight excluding hydrogens is 222 g/mol. The molecule has 1 N–H and O–H groups in total. The van der Waals surface area contributed by atoms with Gasteiger partial charge in [-0.05, 0) is 25.1 Å². The summed E-state index contributed by atoms with van der Waals surface area (Å²) in [6, 6.07) is 5.50. The van der Waals surface area contributed by atoms with E-state index in [4.69, 9.17) is 12.2 Å². The minimum absolute atomic E-state index is 0.179. The van der Waals surface area contributed by atoms with Crippen molar-refractivity contribution in [3.05, 3.63) is 45.7 Å². The van der Waals surface area contributed by atoms with Crippen molar-refractivity contribution in [2.45, 2.75) is 13.5 Å². The second-order valence-electron chi connectivity index (χ2n) is 3.30. The fourth-order valence-electron chi connectivity index (χ4n) is 1.60. The van der Waals surface area contributed by atoms with E-state index in [0.29, 0.717) is 11.2 Å². The average Bonchev–Trinajstić information content (AvgIpc) is 2.29. The van der Waals surface area contributed by atoms with Crippen molar-refractivity contribution in [2.24, 2.45) is 0 Å². The van der Waals surface area contributed by atoms with Crippen LogP contribution in [0.1, 0.15) is 6.92 Å². The molecule has 16 heavy (non-hydrogen) atoms. The van der Waals surface area contributed by atoms with Crippen LogP contribution in [0.4, 0.5) is 0 Å². The van der Waals surface area contributed by atoms with Gasteiger partial charge in [0, 0.05) is 24.5 Å². The Hall–Kier alpha value is -1.75. The molecule has 0 spiro atoms. The van der Waals surface area contributed by atoms with Crippen LogP contribution < -0.4 is 5.69 Å². The minimum atomic E-state index is -0.179. The summed E-state index contributed by atoms with van der Waals surface area (Å²) in [5.41, 5.74) is 1.58. The number of hydrogen-bond donors (Lipinski definition) is 1. The molecule has 2 heterocycles. The summed E-state index contributed by atoms with van der Waals surface area (Å²) in [4.78, 5) is 18.2. The van der Waals surface area contributed by atoms with Gasteiger partial charge in [-0.25, -0.2) is 4.79 Å². The van der Waals surface area contributed by atoms with Gasteiger partial charge in [-0.2, -0.15) is 0 Å². The van der Waals surface area contributed by atoms with Crippen molar-refractivity contribution in [2.75, 3.05) is 0 Å². The zero-order valence-corrected chi connectivity index (χ0v) is 9.62. The van der Waals surface area contributed by atoms with Crippen LogP contribution in [-0.4, -0.2) is 14.5 Å². The first-order valence-electron chi connectivity index (χ1n) is 4.97. The lowest BCUT2D eigenvalue weighted by Gasteiger charge is -2.09. The number of hydrogen-bond acceptors (Lipinski definition) is 3. The minimum Gasteiger partial charge on any atom is -0.298 e. The van der Waals surface area contributed by atoms with E-state index >= 15 is 0 Å². The first-order valence-corrected chi connectivity index (χ1v) is 5.37. The second kappa shape index (κ2) is 4.40. The number of rotatable bonds is 2. The molecule has 0 saturated carbocycles. The van der Waals surface area contributed by atoms with E-state index in [9.17, 15) is 4.79 Å². The lowest BCUT2D eigenvalue weighted by Crippen LogP contribution is -2.23. The molecule has 0 amide bonds. The molecule has 0 aromatic carbocycles. The topological polar surface area (TPSA) is 50.7 Å². The maximum absolute atomic E-state index is 11.7. The number of H-pyrrole nitrogens is 1. The van der Waals surface area contributed by atoms with Gasteiger partial charge in [0.25, 0.3) is 0 Å². The van der Waals surface area contributed by atoms with Crippen LogP contribution >= 0.6 is 12.2 Å². The SMILES string of the molecule is CCn1c(-c2ccncc2)cc(=S)[nH]c1=O. The molecule has 0 radical (unpaired) electrons. The fraction of sp³-hybridized carbons (Fsp3) is 0.182. The van der Waals surface area contributed by atoms with E-state index in [2.05, 4.69) is 9.97 Å². The van der Waals surface area contributed by atoms with Crippen LogP contribution in [0, 0.1) is 4.64 Å². The third kappa shape index (κ3) is 1.94. The number of nitrogens with zero attached hydrogens (tertiary/aromatic N) is 2. The molecule has 5 heteroatoms. The molecule has 2 aromatic heterocycles. The highest BCUT2D eigenvalue weighted by Gasteiger charge is 2.04. The highest BCUT2D eigenvalue weighted by Crippen LogP contribution is 2.16. The average molecular weight is 233 g/mol. The normalized spacial score (nSPS) is 10.3. The fourth-order valence-corrected chi connectivity index (χ4v) is 1.80. The van der Waals surface area contributed by atoms with Crippen molar-refractivity contribution in [3.8, 4) is 11.3 Å². The molecule has 0 fully saturated rings. The van der Waals surface area contributed by atoms with E-state index in [1.54, 1.807) is 23.0 Å². The van der Waals surface area contributed by atoms with Crippen LogP contribution in [0.2, 0.25) is 0 Å². The van der Waals surface area contributed by atoms with Crippen molar-refractivity contribution < 1.29 is 0 Å². The molecule has 0 atom stereocenters. The summed E-state index contributed by atoms with van der Waals surface area (Å²) < 4.78 is 2.09. The van der Waals surface area contributed by atoms with E-state index < -0.39 is 0 Å². The Balaban J connectivity index is 2.74. The zero-order valence-electron chi connectivity index (χ0n) is 8.80.